The van der Waals surface area contributed by atoms with E-state index in [2.05, 4.69) is 43.0 Å². The Balaban J connectivity index is 1.92. The summed E-state index contributed by atoms with van der Waals surface area (Å²) in [7, 11) is 0. The zero-order valence-electron chi connectivity index (χ0n) is 14.3. The predicted octanol–water partition coefficient (Wildman–Crippen LogP) is 4.49. The Morgan fingerprint density at radius 2 is 2.13 bits per heavy atom. The van der Waals surface area contributed by atoms with Crippen molar-refractivity contribution in [3.63, 3.8) is 0 Å². The van der Waals surface area contributed by atoms with E-state index in [1.807, 2.05) is 0 Å². The van der Waals surface area contributed by atoms with Crippen LogP contribution >= 0.6 is 23.1 Å². The van der Waals surface area contributed by atoms with Gasteiger partial charge in [0.2, 0.25) is 5.91 Å². The van der Waals surface area contributed by atoms with Crippen LogP contribution in [-0.2, 0) is 4.79 Å². The summed E-state index contributed by atoms with van der Waals surface area (Å²) in [6.07, 6.45) is 6.24. The van der Waals surface area contributed by atoms with E-state index in [0.29, 0.717) is 5.75 Å². The number of hydrogen-bond acceptors (Lipinski definition) is 5. The first-order valence-electron chi connectivity index (χ1n) is 8.15. The molecule has 2 aromatic rings. The molecule has 0 aromatic carbocycles. The van der Waals surface area contributed by atoms with Gasteiger partial charge in [-0.25, -0.2) is 9.97 Å². The topological polar surface area (TPSA) is 54.9 Å². The van der Waals surface area contributed by atoms with Crippen molar-refractivity contribution in [3.8, 4) is 0 Å². The van der Waals surface area contributed by atoms with Gasteiger partial charge in [-0.05, 0) is 32.8 Å². The Morgan fingerprint density at radius 3 is 2.87 bits per heavy atom. The first-order chi connectivity index (χ1) is 11.0. The molecule has 0 aliphatic heterocycles. The van der Waals surface area contributed by atoms with Gasteiger partial charge in [0, 0.05) is 16.3 Å². The Bertz CT molecular complexity index is 669. The summed E-state index contributed by atoms with van der Waals surface area (Å²) >= 11 is 3.18. The SMILES string of the molecule is CCCCC[C@@H](C)NC(=O)CSc1ncnc2sc(C)c(C)c12. The molecule has 23 heavy (non-hydrogen) atoms. The van der Waals surface area contributed by atoms with Crippen molar-refractivity contribution in [2.24, 2.45) is 0 Å². The summed E-state index contributed by atoms with van der Waals surface area (Å²) < 4.78 is 0. The number of hydrogen-bond donors (Lipinski definition) is 1. The molecule has 126 valence electrons. The average Bonchev–Trinajstić information content (AvgIpc) is 2.81. The molecule has 1 N–H and O–H groups in total. The minimum absolute atomic E-state index is 0.0790. The van der Waals surface area contributed by atoms with E-state index in [0.717, 1.165) is 21.7 Å². The fourth-order valence-corrected chi connectivity index (χ4v) is 4.41. The number of rotatable bonds is 8. The Hall–Kier alpha value is -1.14. The van der Waals surface area contributed by atoms with Crippen molar-refractivity contribution in [1.82, 2.24) is 15.3 Å². The number of aromatic nitrogens is 2. The number of carbonyl (C=O) groups is 1. The molecule has 2 heterocycles. The number of unbranched alkanes of at least 4 members (excludes halogenated alkanes) is 2. The zero-order chi connectivity index (χ0) is 16.8. The third kappa shape index (κ3) is 4.91. The lowest BCUT2D eigenvalue weighted by atomic mass is 10.1. The summed E-state index contributed by atoms with van der Waals surface area (Å²) in [4.78, 5) is 23.1. The second-order valence-electron chi connectivity index (χ2n) is 5.90. The molecule has 1 amide bonds. The van der Waals surface area contributed by atoms with Gasteiger partial charge in [-0.3, -0.25) is 4.79 Å². The van der Waals surface area contributed by atoms with Crippen molar-refractivity contribution in [2.75, 3.05) is 5.75 Å². The molecule has 0 spiro atoms. The monoisotopic (exact) mass is 351 g/mol. The van der Waals surface area contributed by atoms with Crippen LogP contribution in [0.5, 0.6) is 0 Å². The molecule has 0 radical (unpaired) electrons. The molecule has 0 saturated carbocycles. The predicted molar refractivity (Wildman–Crippen MR) is 99.4 cm³/mol. The van der Waals surface area contributed by atoms with Gasteiger partial charge in [-0.2, -0.15) is 0 Å². The van der Waals surface area contributed by atoms with Crippen molar-refractivity contribution in [1.29, 1.82) is 0 Å². The van der Waals surface area contributed by atoms with Gasteiger partial charge in [0.1, 0.15) is 16.2 Å². The highest BCUT2D eigenvalue weighted by molar-refractivity contribution is 8.00. The van der Waals surface area contributed by atoms with Crippen LogP contribution in [0.1, 0.15) is 50.0 Å². The van der Waals surface area contributed by atoms with Gasteiger partial charge in [0.25, 0.3) is 0 Å². The van der Waals surface area contributed by atoms with Gasteiger partial charge in [0.05, 0.1) is 5.75 Å². The standard InChI is InChI=1S/C17H25N3OS2/c1-5-6-7-8-11(2)20-14(21)9-22-16-15-12(3)13(4)23-17(15)19-10-18-16/h10-11H,5-9H2,1-4H3,(H,20,21)/t11-/m1/s1. The smallest absolute Gasteiger partial charge is 0.230 e. The lowest BCUT2D eigenvalue weighted by Gasteiger charge is -2.13. The quantitative estimate of drug-likeness (QED) is 0.433. The summed E-state index contributed by atoms with van der Waals surface area (Å²) in [5.74, 6) is 0.480. The molecule has 0 unspecified atom stereocenters. The van der Waals surface area contributed by atoms with Crippen LogP contribution in [0.3, 0.4) is 0 Å². The van der Waals surface area contributed by atoms with Gasteiger partial charge < -0.3 is 5.32 Å². The van der Waals surface area contributed by atoms with E-state index in [1.165, 1.54) is 41.5 Å². The number of thioether (sulfide) groups is 1. The number of aryl methyl sites for hydroxylation is 2. The second-order valence-corrected chi connectivity index (χ2v) is 8.06. The molecule has 0 aliphatic carbocycles. The van der Waals surface area contributed by atoms with Crippen molar-refractivity contribution < 1.29 is 4.79 Å². The van der Waals surface area contributed by atoms with E-state index in [4.69, 9.17) is 0 Å². The van der Waals surface area contributed by atoms with Crippen molar-refractivity contribution >= 4 is 39.2 Å². The highest BCUT2D eigenvalue weighted by atomic mass is 32.2. The van der Waals surface area contributed by atoms with Gasteiger partial charge in [-0.1, -0.05) is 37.9 Å². The molecule has 0 fully saturated rings. The van der Waals surface area contributed by atoms with Crippen LogP contribution in [0.4, 0.5) is 0 Å². The molecule has 0 aliphatic rings. The lowest BCUT2D eigenvalue weighted by molar-refractivity contribution is -0.119. The number of carbonyl (C=O) groups excluding carboxylic acids is 1. The second kappa shape index (κ2) is 8.64. The fraction of sp³-hybridized carbons (Fsp3) is 0.588. The largest absolute Gasteiger partial charge is 0.353 e. The van der Waals surface area contributed by atoms with Gasteiger partial charge in [-0.15, -0.1) is 11.3 Å². The number of nitrogens with one attached hydrogen (secondary N) is 1. The summed E-state index contributed by atoms with van der Waals surface area (Å²) in [6, 6.07) is 0.241. The molecular weight excluding hydrogens is 326 g/mol. The van der Waals surface area contributed by atoms with Gasteiger partial charge in [0.15, 0.2) is 0 Å². The minimum atomic E-state index is 0.0790. The number of thiophene rings is 1. The third-order valence-corrected chi connectivity index (χ3v) is 6.02. The number of nitrogens with zero attached hydrogens (tertiary/aromatic N) is 2. The van der Waals surface area contributed by atoms with Crippen LogP contribution in [0.15, 0.2) is 11.4 Å². The zero-order valence-corrected chi connectivity index (χ0v) is 15.9. The average molecular weight is 352 g/mol. The maximum Gasteiger partial charge on any atom is 0.230 e. The molecule has 2 aromatic heterocycles. The van der Waals surface area contributed by atoms with Crippen LogP contribution < -0.4 is 5.32 Å². The molecule has 0 bridgehead atoms. The molecule has 4 nitrogen and oxygen atoms in total. The highest BCUT2D eigenvalue weighted by Crippen LogP contribution is 2.34. The lowest BCUT2D eigenvalue weighted by Crippen LogP contribution is -2.33. The van der Waals surface area contributed by atoms with E-state index < -0.39 is 0 Å². The molecule has 6 heteroatoms. The van der Waals surface area contributed by atoms with Crippen molar-refractivity contribution in [3.05, 3.63) is 16.8 Å². The summed E-state index contributed by atoms with van der Waals surface area (Å²) in [6.45, 7) is 8.46. The molecule has 0 saturated heterocycles. The summed E-state index contributed by atoms with van der Waals surface area (Å²) in [5.41, 5.74) is 1.22. The Labute approximate surface area is 146 Å². The highest BCUT2D eigenvalue weighted by Gasteiger charge is 2.14. The van der Waals surface area contributed by atoms with Crippen LogP contribution in [0.2, 0.25) is 0 Å². The Kier molecular flexibility index (Phi) is 6.84. The third-order valence-electron chi connectivity index (χ3n) is 3.92. The molecular formula is C17H25N3OS2. The normalized spacial score (nSPS) is 12.5. The maximum absolute atomic E-state index is 12.1. The van der Waals surface area contributed by atoms with E-state index >= 15 is 0 Å². The van der Waals surface area contributed by atoms with Gasteiger partial charge >= 0.3 is 0 Å². The summed E-state index contributed by atoms with van der Waals surface area (Å²) in [5, 5.41) is 5.09. The molecule has 1 atom stereocenters. The van der Waals surface area contributed by atoms with E-state index in [9.17, 15) is 4.79 Å². The van der Waals surface area contributed by atoms with Crippen LogP contribution in [0, 0.1) is 13.8 Å². The van der Waals surface area contributed by atoms with Crippen LogP contribution in [-0.4, -0.2) is 27.7 Å². The number of amides is 1. The van der Waals surface area contributed by atoms with Crippen molar-refractivity contribution in [2.45, 2.75) is 64.4 Å². The maximum atomic E-state index is 12.1. The fourth-order valence-electron chi connectivity index (χ4n) is 2.48. The minimum Gasteiger partial charge on any atom is -0.353 e. The van der Waals surface area contributed by atoms with E-state index in [1.54, 1.807) is 17.7 Å². The molecule has 2 rings (SSSR count). The van der Waals surface area contributed by atoms with E-state index in [-0.39, 0.29) is 11.9 Å². The first kappa shape index (κ1) is 18.2. The van der Waals surface area contributed by atoms with Crippen LogP contribution in [0.25, 0.3) is 10.2 Å². The Morgan fingerprint density at radius 1 is 1.35 bits per heavy atom. The first-order valence-corrected chi connectivity index (χ1v) is 9.96. The number of fused-ring (bicyclic) bond motifs is 1.